The van der Waals surface area contributed by atoms with Crippen LogP contribution in [0.1, 0.15) is 42.7 Å². The minimum atomic E-state index is -0.0626. The summed E-state index contributed by atoms with van der Waals surface area (Å²) >= 11 is 0. The lowest BCUT2D eigenvalue weighted by Gasteiger charge is -2.15. The molecule has 2 aliphatic rings. The highest BCUT2D eigenvalue weighted by molar-refractivity contribution is 5.84. The molecular weight excluding hydrogens is 336 g/mol. The number of rotatable bonds is 7. The Balaban J connectivity index is 1.19. The van der Waals surface area contributed by atoms with Crippen molar-refractivity contribution in [2.24, 2.45) is 11.8 Å². The molecule has 0 aromatic heterocycles. The van der Waals surface area contributed by atoms with E-state index in [-0.39, 0.29) is 29.7 Å². The van der Waals surface area contributed by atoms with Gasteiger partial charge in [-0.15, -0.1) is 0 Å². The predicted molar refractivity (Wildman–Crippen MR) is 105 cm³/mol. The van der Waals surface area contributed by atoms with Crippen molar-refractivity contribution in [3.63, 3.8) is 0 Å². The van der Waals surface area contributed by atoms with Crippen LogP contribution in [-0.4, -0.2) is 24.4 Å². The number of carbonyl (C=O) groups is 2. The topological polar surface area (TPSA) is 58.2 Å². The van der Waals surface area contributed by atoms with Crippen molar-refractivity contribution in [3.05, 3.63) is 71.8 Å². The molecule has 5 atom stereocenters. The molecule has 4 nitrogen and oxygen atoms in total. The van der Waals surface area contributed by atoms with E-state index < -0.39 is 0 Å². The molecular formula is C23H26N2O2. The van der Waals surface area contributed by atoms with Crippen molar-refractivity contribution in [2.45, 2.75) is 37.6 Å². The second-order valence-electron chi connectivity index (χ2n) is 7.87. The van der Waals surface area contributed by atoms with E-state index in [4.69, 9.17) is 0 Å². The summed E-state index contributed by atoms with van der Waals surface area (Å²) in [5.74, 6) is 1.01. The lowest BCUT2D eigenvalue weighted by molar-refractivity contribution is -0.124. The molecule has 140 valence electrons. The van der Waals surface area contributed by atoms with Gasteiger partial charge in [0, 0.05) is 24.4 Å². The minimum Gasteiger partial charge on any atom is -0.354 e. The standard InChI is InChI=1S/C23H26N2O2/c1-15(25-23(27)21-13-19(21)17-10-6-3-7-11-17)14-24-22(26)20-12-18(20)16-8-4-2-5-9-16/h2-11,15,18-21H,12-14H2,1H3,(H,24,26)(H,25,27)/t15-,18-,19-,20-,21+/m1/s1. The Morgan fingerprint density at radius 1 is 0.852 bits per heavy atom. The van der Waals surface area contributed by atoms with Crippen LogP contribution in [0.15, 0.2) is 60.7 Å². The number of amides is 2. The second kappa shape index (κ2) is 7.55. The van der Waals surface area contributed by atoms with Gasteiger partial charge in [-0.3, -0.25) is 9.59 Å². The van der Waals surface area contributed by atoms with Crippen LogP contribution < -0.4 is 10.6 Å². The van der Waals surface area contributed by atoms with Gasteiger partial charge in [-0.05, 0) is 42.7 Å². The van der Waals surface area contributed by atoms with Crippen LogP contribution in [0, 0.1) is 11.8 Å². The average Bonchev–Trinajstić information content (AvgIpc) is 3.60. The summed E-state index contributed by atoms with van der Waals surface area (Å²) in [5.41, 5.74) is 2.47. The van der Waals surface area contributed by atoms with Crippen LogP contribution in [0.3, 0.4) is 0 Å². The Kier molecular flexibility index (Phi) is 4.97. The number of hydrogen-bond acceptors (Lipinski definition) is 2. The fourth-order valence-electron chi connectivity index (χ4n) is 3.89. The molecule has 0 heterocycles. The Bertz CT molecular complexity index is 806. The van der Waals surface area contributed by atoms with Crippen molar-refractivity contribution in [2.75, 3.05) is 6.54 Å². The lowest BCUT2D eigenvalue weighted by Crippen LogP contribution is -2.43. The molecule has 4 heteroatoms. The van der Waals surface area contributed by atoms with E-state index in [0.717, 1.165) is 12.8 Å². The molecule has 4 rings (SSSR count). The molecule has 0 aliphatic heterocycles. The maximum Gasteiger partial charge on any atom is 0.224 e. The summed E-state index contributed by atoms with van der Waals surface area (Å²) in [6.07, 6.45) is 1.83. The zero-order valence-electron chi connectivity index (χ0n) is 15.6. The van der Waals surface area contributed by atoms with Gasteiger partial charge in [-0.1, -0.05) is 60.7 Å². The van der Waals surface area contributed by atoms with Gasteiger partial charge in [0.15, 0.2) is 0 Å². The van der Waals surface area contributed by atoms with Crippen molar-refractivity contribution < 1.29 is 9.59 Å². The molecule has 0 unspecified atom stereocenters. The Labute approximate surface area is 160 Å². The second-order valence-corrected chi connectivity index (χ2v) is 7.87. The normalized spacial score (nSPS) is 26.7. The molecule has 2 saturated carbocycles. The maximum absolute atomic E-state index is 12.4. The van der Waals surface area contributed by atoms with E-state index in [1.165, 1.54) is 11.1 Å². The summed E-state index contributed by atoms with van der Waals surface area (Å²) in [5, 5.41) is 6.04. The van der Waals surface area contributed by atoms with Crippen molar-refractivity contribution in [3.8, 4) is 0 Å². The number of nitrogens with one attached hydrogen (secondary N) is 2. The van der Waals surface area contributed by atoms with E-state index in [1.807, 2.05) is 43.3 Å². The van der Waals surface area contributed by atoms with Crippen LogP contribution in [0.5, 0.6) is 0 Å². The molecule has 2 N–H and O–H groups in total. The first-order chi connectivity index (χ1) is 13.1. The number of benzene rings is 2. The van der Waals surface area contributed by atoms with Gasteiger partial charge in [-0.25, -0.2) is 0 Å². The molecule has 0 radical (unpaired) electrons. The summed E-state index contributed by atoms with van der Waals surface area (Å²) in [4.78, 5) is 24.7. The quantitative estimate of drug-likeness (QED) is 0.795. The molecule has 2 amide bonds. The molecule has 0 bridgehead atoms. The number of carbonyl (C=O) groups excluding carboxylic acids is 2. The van der Waals surface area contributed by atoms with E-state index in [2.05, 4.69) is 34.9 Å². The minimum absolute atomic E-state index is 0.0626. The molecule has 0 spiro atoms. The summed E-state index contributed by atoms with van der Waals surface area (Å²) in [6, 6.07) is 20.3. The SMILES string of the molecule is C[C@H](CNC(=O)[C@@H]1C[C@@H]1c1ccccc1)NC(=O)[C@H]1C[C@@H]1c1ccccc1. The summed E-state index contributed by atoms with van der Waals surface area (Å²) < 4.78 is 0. The average molecular weight is 362 g/mol. The van der Waals surface area contributed by atoms with Crippen molar-refractivity contribution in [1.82, 2.24) is 10.6 Å². The van der Waals surface area contributed by atoms with Gasteiger partial charge in [0.1, 0.15) is 0 Å². The van der Waals surface area contributed by atoms with Gasteiger partial charge in [0.05, 0.1) is 0 Å². The van der Waals surface area contributed by atoms with Crippen LogP contribution in [0.25, 0.3) is 0 Å². The first-order valence-electron chi connectivity index (χ1n) is 9.81. The van der Waals surface area contributed by atoms with Crippen LogP contribution >= 0.6 is 0 Å². The molecule has 2 aromatic rings. The molecule has 2 aromatic carbocycles. The van der Waals surface area contributed by atoms with Gasteiger partial charge >= 0.3 is 0 Å². The van der Waals surface area contributed by atoms with Crippen LogP contribution in [-0.2, 0) is 9.59 Å². The monoisotopic (exact) mass is 362 g/mol. The lowest BCUT2D eigenvalue weighted by atomic mass is 10.1. The molecule has 2 aliphatic carbocycles. The van der Waals surface area contributed by atoms with E-state index in [9.17, 15) is 9.59 Å². The molecule has 2 fully saturated rings. The maximum atomic E-state index is 12.4. The smallest absolute Gasteiger partial charge is 0.224 e. The summed E-state index contributed by atoms with van der Waals surface area (Å²) in [6.45, 7) is 2.42. The molecule has 27 heavy (non-hydrogen) atoms. The van der Waals surface area contributed by atoms with Crippen molar-refractivity contribution >= 4 is 11.8 Å². The first-order valence-corrected chi connectivity index (χ1v) is 9.81. The third kappa shape index (κ3) is 4.21. The Morgan fingerprint density at radius 2 is 1.33 bits per heavy atom. The van der Waals surface area contributed by atoms with Crippen LogP contribution in [0.4, 0.5) is 0 Å². The molecule has 0 saturated heterocycles. The Hall–Kier alpha value is -2.62. The summed E-state index contributed by atoms with van der Waals surface area (Å²) in [7, 11) is 0. The fourth-order valence-corrected chi connectivity index (χ4v) is 3.89. The van der Waals surface area contributed by atoms with Gasteiger partial charge in [-0.2, -0.15) is 0 Å². The first kappa shape index (κ1) is 17.8. The highest BCUT2D eigenvalue weighted by Crippen LogP contribution is 2.48. The third-order valence-electron chi connectivity index (χ3n) is 5.68. The van der Waals surface area contributed by atoms with Crippen LogP contribution in [0.2, 0.25) is 0 Å². The van der Waals surface area contributed by atoms with Gasteiger partial charge in [0.2, 0.25) is 11.8 Å². The zero-order chi connectivity index (χ0) is 18.8. The van der Waals surface area contributed by atoms with E-state index in [1.54, 1.807) is 0 Å². The highest BCUT2D eigenvalue weighted by atomic mass is 16.2. The zero-order valence-corrected chi connectivity index (χ0v) is 15.6. The third-order valence-corrected chi connectivity index (χ3v) is 5.68. The van der Waals surface area contributed by atoms with E-state index in [0.29, 0.717) is 18.4 Å². The van der Waals surface area contributed by atoms with Gasteiger partial charge in [0.25, 0.3) is 0 Å². The predicted octanol–water partition coefficient (Wildman–Crippen LogP) is 3.21. The number of hydrogen-bond donors (Lipinski definition) is 2. The highest BCUT2D eigenvalue weighted by Gasteiger charge is 2.45. The fraction of sp³-hybridized carbons (Fsp3) is 0.391. The van der Waals surface area contributed by atoms with Gasteiger partial charge < -0.3 is 10.6 Å². The largest absolute Gasteiger partial charge is 0.354 e. The van der Waals surface area contributed by atoms with Crippen molar-refractivity contribution in [1.29, 1.82) is 0 Å². The van der Waals surface area contributed by atoms with E-state index >= 15 is 0 Å². The Morgan fingerprint density at radius 3 is 1.85 bits per heavy atom.